The van der Waals surface area contributed by atoms with E-state index in [4.69, 9.17) is 28.5 Å². The summed E-state index contributed by atoms with van der Waals surface area (Å²) >= 11 is 5.84. The second-order valence-electron chi connectivity index (χ2n) is 9.83. The Kier molecular flexibility index (Phi) is 7.97. The minimum absolute atomic E-state index is 0.103. The highest BCUT2D eigenvalue weighted by Gasteiger charge is 2.47. The van der Waals surface area contributed by atoms with Crippen LogP contribution >= 0.6 is 11.6 Å². The minimum Gasteiger partial charge on any atom is -0.480 e. The predicted octanol–water partition coefficient (Wildman–Crippen LogP) is -0.0303. The zero-order valence-electron chi connectivity index (χ0n) is 20.6. The molecule has 0 spiro atoms. The van der Waals surface area contributed by atoms with Crippen LogP contribution in [0.2, 0.25) is 5.15 Å². The number of quaternary nitrogens is 1. The van der Waals surface area contributed by atoms with E-state index < -0.39 is 17.9 Å². The van der Waals surface area contributed by atoms with Crippen LogP contribution in [0, 0.1) is 11.3 Å². The van der Waals surface area contributed by atoms with E-state index in [-0.39, 0.29) is 59.3 Å². The number of rotatable bonds is 8. The number of nitrogens with one attached hydrogen (secondary N) is 4. The molecule has 0 radical (unpaired) electrons. The monoisotopic (exact) mass is 544 g/mol. The van der Waals surface area contributed by atoms with Crippen LogP contribution in [-0.4, -0.2) is 81.6 Å². The number of fused-ring (bicyclic) bond motifs is 3. The van der Waals surface area contributed by atoms with Gasteiger partial charge >= 0.3 is 5.97 Å². The number of benzene rings is 1. The summed E-state index contributed by atoms with van der Waals surface area (Å²) in [5.74, 6) is -2.44. The number of carboxylic acids is 1. The van der Waals surface area contributed by atoms with Crippen molar-refractivity contribution in [2.24, 2.45) is 5.92 Å². The zero-order valence-corrected chi connectivity index (χ0v) is 21.4. The topological polar surface area (TPSA) is 209 Å². The number of nitrogens with two attached hydrogens (primary N) is 2. The summed E-state index contributed by atoms with van der Waals surface area (Å²) in [5, 5.41) is 25.9. The van der Waals surface area contributed by atoms with Gasteiger partial charge < -0.3 is 31.7 Å². The van der Waals surface area contributed by atoms with Gasteiger partial charge in [-0.15, -0.1) is 0 Å². The van der Waals surface area contributed by atoms with E-state index in [2.05, 4.69) is 25.9 Å². The van der Waals surface area contributed by atoms with E-state index in [0.29, 0.717) is 11.0 Å². The minimum atomic E-state index is -1.09. The number of carbonyl (C=O) groups is 3. The molecule has 9 N–H and O–H groups in total. The number of carbonyl (C=O) groups excluding carboxylic acids is 2. The molecule has 13 nitrogen and oxygen atoms in total. The van der Waals surface area contributed by atoms with Crippen molar-refractivity contribution in [3.05, 3.63) is 46.7 Å². The van der Waals surface area contributed by atoms with Crippen molar-refractivity contribution in [1.82, 2.24) is 25.9 Å². The first kappa shape index (κ1) is 27.1. The average molecular weight is 545 g/mol. The van der Waals surface area contributed by atoms with E-state index in [1.165, 1.54) is 0 Å². The molecule has 0 unspecified atom stereocenters. The molecule has 1 aromatic heterocycles. The summed E-state index contributed by atoms with van der Waals surface area (Å²) in [4.78, 5) is 44.9. The Labute approximate surface area is 224 Å². The number of nitrogens with zero attached hydrogens (tertiary/aromatic N) is 3. The number of carboxylic acid groups (broad SMARTS) is 1. The van der Waals surface area contributed by atoms with Gasteiger partial charge in [0.05, 0.1) is 25.7 Å². The fourth-order valence-electron chi connectivity index (χ4n) is 5.27. The van der Waals surface area contributed by atoms with Crippen LogP contribution in [0.3, 0.4) is 0 Å². The molecule has 0 saturated carbocycles. The van der Waals surface area contributed by atoms with Crippen LogP contribution < -0.4 is 27.4 Å². The Hall–Kier alpha value is -3.97. The second-order valence-corrected chi connectivity index (χ2v) is 10.2. The summed E-state index contributed by atoms with van der Waals surface area (Å²) < 4.78 is 0.477. The van der Waals surface area contributed by atoms with Crippen molar-refractivity contribution in [2.75, 3.05) is 37.6 Å². The molecule has 3 fully saturated rings. The lowest BCUT2D eigenvalue weighted by Crippen LogP contribution is -2.69. The molecule has 2 atom stereocenters. The normalized spacial score (nSPS) is 22.8. The summed E-state index contributed by atoms with van der Waals surface area (Å²) in [6, 6.07) is 7.97. The average Bonchev–Trinajstić information content (AvgIpc) is 2.86. The number of aromatic nitrogens is 2. The number of hydrogen-bond acceptors (Lipinski definition) is 8. The lowest BCUT2D eigenvalue weighted by atomic mass is 9.81. The van der Waals surface area contributed by atoms with Crippen molar-refractivity contribution in [1.29, 1.82) is 5.41 Å². The third kappa shape index (κ3) is 6.29. The van der Waals surface area contributed by atoms with Crippen LogP contribution in [-0.2, 0) is 16.0 Å². The van der Waals surface area contributed by atoms with E-state index in [1.807, 2.05) is 30.3 Å². The lowest BCUT2D eigenvalue weighted by Gasteiger charge is -2.52. The van der Waals surface area contributed by atoms with Crippen molar-refractivity contribution in [3.8, 4) is 0 Å². The second kappa shape index (κ2) is 11.2. The Morgan fingerprint density at radius 3 is 2.47 bits per heavy atom. The molecule has 2 bridgehead atoms. The van der Waals surface area contributed by atoms with E-state index >= 15 is 0 Å². The van der Waals surface area contributed by atoms with Crippen LogP contribution in [0.15, 0.2) is 30.3 Å². The Morgan fingerprint density at radius 2 is 1.82 bits per heavy atom. The van der Waals surface area contributed by atoms with Crippen LogP contribution in [0.1, 0.15) is 28.9 Å². The fraction of sp³-hybridized carbons (Fsp3) is 0.417. The number of guanidine groups is 1. The molecule has 202 valence electrons. The molecule has 0 aliphatic carbocycles. The number of anilines is 2. The van der Waals surface area contributed by atoms with Crippen LogP contribution in [0.25, 0.3) is 0 Å². The lowest BCUT2D eigenvalue weighted by molar-refractivity contribution is -0.936. The molecule has 1 aromatic carbocycles. The number of aliphatic carboxylic acids is 1. The molecule has 4 heterocycles. The maximum Gasteiger partial charge on any atom is 0.326 e. The first-order valence-corrected chi connectivity index (χ1v) is 12.6. The summed E-state index contributed by atoms with van der Waals surface area (Å²) in [6.07, 6.45) is 1.87. The first-order chi connectivity index (χ1) is 18.0. The molecular weight excluding hydrogens is 514 g/mol. The van der Waals surface area contributed by atoms with Crippen molar-refractivity contribution >= 4 is 47.0 Å². The highest BCUT2D eigenvalue weighted by molar-refractivity contribution is 6.31. The first-order valence-electron chi connectivity index (χ1n) is 12.2. The largest absolute Gasteiger partial charge is 0.480 e. The van der Waals surface area contributed by atoms with Crippen LogP contribution in [0.5, 0.6) is 0 Å². The predicted molar refractivity (Wildman–Crippen MR) is 140 cm³/mol. The smallest absolute Gasteiger partial charge is 0.326 e. The standard InChI is InChI=1S/C24H30ClN9O4/c25-19-21(27)32-20(26)18(31-19)22(36)33-24(28)30-16-11-34(8-6-14(16)7-9-34)12-17(35)29-15(23(37)38)10-13-4-2-1-3-5-13/h1-5,14-16H,6-12H2,(H8-,26,27,28,29,30,32,33,35,36,37,38)/p+1/t14?,15-,16+,34?/m0/s1. The zero-order chi connectivity index (χ0) is 27.4. The number of nitrogen functional groups attached to an aromatic ring is 2. The molecule has 2 aromatic rings. The molecule has 14 heteroatoms. The number of halogens is 1. The van der Waals surface area contributed by atoms with Gasteiger partial charge in [-0.1, -0.05) is 41.9 Å². The molecule has 5 rings (SSSR count). The maximum absolute atomic E-state index is 13.0. The van der Waals surface area contributed by atoms with Crippen LogP contribution in [0.4, 0.5) is 11.6 Å². The summed E-state index contributed by atoms with van der Waals surface area (Å²) in [5.41, 5.74) is 11.8. The molecule has 2 amide bonds. The summed E-state index contributed by atoms with van der Waals surface area (Å²) in [6.45, 7) is 2.26. The maximum atomic E-state index is 13.0. The van der Waals surface area contributed by atoms with Crippen molar-refractivity contribution in [2.45, 2.75) is 31.3 Å². The summed E-state index contributed by atoms with van der Waals surface area (Å²) in [7, 11) is 0. The highest BCUT2D eigenvalue weighted by Crippen LogP contribution is 2.33. The van der Waals surface area contributed by atoms with Gasteiger partial charge in [0.15, 0.2) is 35.0 Å². The van der Waals surface area contributed by atoms with Gasteiger partial charge in [-0.3, -0.25) is 20.3 Å². The van der Waals surface area contributed by atoms with Gasteiger partial charge in [0.1, 0.15) is 6.04 Å². The SMILES string of the molecule is N=C(NC(=O)c1nc(Cl)c(N)nc1N)N[C@@H]1C[N+]2(CC(=O)N[C@@H](Cc3ccccc3)C(=O)O)CCC1CC2. The van der Waals surface area contributed by atoms with Gasteiger partial charge in [-0.05, 0) is 11.5 Å². The fourth-order valence-corrected chi connectivity index (χ4v) is 5.40. The number of piperidine rings is 3. The molecule has 3 aliphatic rings. The van der Waals surface area contributed by atoms with Crippen molar-refractivity contribution < 1.29 is 24.0 Å². The number of hydrogen-bond donors (Lipinski definition) is 7. The van der Waals surface area contributed by atoms with Gasteiger partial charge in [-0.25, -0.2) is 14.8 Å². The molecular formula is C24H31ClN9O4+. The quantitative estimate of drug-likeness (QED) is 0.135. The Morgan fingerprint density at radius 1 is 1.13 bits per heavy atom. The number of amides is 2. The molecule has 3 saturated heterocycles. The van der Waals surface area contributed by atoms with E-state index in [0.717, 1.165) is 31.5 Å². The Bertz CT molecular complexity index is 1230. The van der Waals surface area contributed by atoms with E-state index in [1.54, 1.807) is 0 Å². The van der Waals surface area contributed by atoms with Gasteiger partial charge in [0, 0.05) is 19.3 Å². The van der Waals surface area contributed by atoms with Gasteiger partial charge in [-0.2, -0.15) is 0 Å². The highest BCUT2D eigenvalue weighted by atomic mass is 35.5. The molecule has 3 aliphatic heterocycles. The van der Waals surface area contributed by atoms with E-state index in [9.17, 15) is 19.5 Å². The van der Waals surface area contributed by atoms with Gasteiger partial charge in [0.25, 0.3) is 11.8 Å². The Balaban J connectivity index is 1.35. The van der Waals surface area contributed by atoms with Crippen molar-refractivity contribution in [3.63, 3.8) is 0 Å². The van der Waals surface area contributed by atoms with Gasteiger partial charge in [0.2, 0.25) is 0 Å². The third-order valence-corrected chi connectivity index (χ3v) is 7.46. The third-order valence-electron chi connectivity index (χ3n) is 7.18. The molecule has 38 heavy (non-hydrogen) atoms.